The lowest BCUT2D eigenvalue weighted by Gasteiger charge is -2.24. The van der Waals surface area contributed by atoms with Crippen LogP contribution < -0.4 is 11.1 Å². The Labute approximate surface area is 189 Å². The first-order valence-corrected chi connectivity index (χ1v) is 11.0. The summed E-state index contributed by atoms with van der Waals surface area (Å²) in [7, 11) is 0. The van der Waals surface area contributed by atoms with Gasteiger partial charge in [0, 0.05) is 34.1 Å². The van der Waals surface area contributed by atoms with E-state index in [9.17, 15) is 0 Å². The summed E-state index contributed by atoms with van der Waals surface area (Å²) >= 11 is 0. The predicted molar refractivity (Wildman–Crippen MR) is 136 cm³/mol. The van der Waals surface area contributed by atoms with Gasteiger partial charge in [-0.3, -0.25) is 0 Å². The van der Waals surface area contributed by atoms with Crippen LogP contribution in [0.5, 0.6) is 0 Å². The molecule has 0 radical (unpaired) electrons. The fourth-order valence-corrected chi connectivity index (χ4v) is 4.28. The zero-order valence-electron chi connectivity index (χ0n) is 17.9. The van der Waals surface area contributed by atoms with Crippen molar-refractivity contribution in [2.75, 3.05) is 11.1 Å². The van der Waals surface area contributed by atoms with Crippen LogP contribution in [0.1, 0.15) is 23.5 Å². The normalized spacial score (nSPS) is 15.6. The van der Waals surface area contributed by atoms with Gasteiger partial charge in [-0.2, -0.15) is 0 Å². The van der Waals surface area contributed by atoms with Gasteiger partial charge in [-0.25, -0.2) is 0 Å². The first-order valence-electron chi connectivity index (χ1n) is 11.0. The highest BCUT2D eigenvalue weighted by Gasteiger charge is 2.20. The monoisotopic (exact) mass is 414 g/mol. The number of hydrogen-bond acceptors (Lipinski definition) is 2. The Hall–Kier alpha value is -4.04. The van der Waals surface area contributed by atoms with E-state index in [0.717, 1.165) is 34.6 Å². The third-order valence-corrected chi connectivity index (χ3v) is 5.96. The van der Waals surface area contributed by atoms with Crippen LogP contribution >= 0.6 is 0 Å². The molecule has 2 heteroatoms. The van der Waals surface area contributed by atoms with Crippen molar-refractivity contribution in [3.05, 3.63) is 138 Å². The second-order valence-electron chi connectivity index (χ2n) is 8.11. The minimum atomic E-state index is 0.287. The quantitative estimate of drug-likeness (QED) is 0.332. The van der Waals surface area contributed by atoms with Gasteiger partial charge in [-0.15, -0.1) is 0 Å². The fraction of sp³-hybridized carbons (Fsp3) is 0.0667. The van der Waals surface area contributed by atoms with Gasteiger partial charge < -0.3 is 11.1 Å². The van der Waals surface area contributed by atoms with Crippen molar-refractivity contribution in [2.45, 2.75) is 12.3 Å². The van der Waals surface area contributed by atoms with E-state index in [4.69, 9.17) is 5.73 Å². The smallest absolute Gasteiger partial charge is 0.0420 e. The zero-order valence-corrected chi connectivity index (χ0v) is 17.9. The average molecular weight is 415 g/mol. The lowest BCUT2D eigenvalue weighted by atomic mass is 9.84. The van der Waals surface area contributed by atoms with Crippen LogP contribution in [0.2, 0.25) is 0 Å². The number of para-hydroxylation sites is 1. The standard InChI is InChI=1S/C30H26N2/c31-29-18-16-24(20-27(29)22-10-4-1-5-11-22)25-17-19-30(32-26-14-8-3-9-15-26)28(21-25)23-12-6-2-7-13-23/h1-16,18-21,25,32H,17,31H2. The van der Waals surface area contributed by atoms with E-state index in [0.29, 0.717) is 0 Å². The van der Waals surface area contributed by atoms with E-state index < -0.39 is 0 Å². The van der Waals surface area contributed by atoms with Crippen molar-refractivity contribution in [3.63, 3.8) is 0 Å². The molecule has 0 amide bonds. The molecule has 1 aliphatic carbocycles. The SMILES string of the molecule is Nc1ccc(C2C=C(c3ccccc3)C(Nc3ccccc3)=CC2)cc1-c1ccccc1. The minimum Gasteiger partial charge on any atom is -0.398 e. The van der Waals surface area contributed by atoms with Crippen LogP contribution in [0.15, 0.2) is 127 Å². The van der Waals surface area contributed by atoms with Crippen LogP contribution in [0, 0.1) is 0 Å². The molecule has 0 bridgehead atoms. The van der Waals surface area contributed by atoms with E-state index in [1.807, 2.05) is 18.2 Å². The maximum absolute atomic E-state index is 6.34. The lowest BCUT2D eigenvalue weighted by Crippen LogP contribution is -2.10. The van der Waals surface area contributed by atoms with Crippen molar-refractivity contribution in [1.29, 1.82) is 0 Å². The molecule has 32 heavy (non-hydrogen) atoms. The molecule has 2 nitrogen and oxygen atoms in total. The number of allylic oxidation sites excluding steroid dienone is 3. The number of nitrogens with two attached hydrogens (primary N) is 1. The molecule has 1 atom stereocenters. The Kier molecular flexibility index (Phi) is 5.59. The number of anilines is 2. The number of nitrogens with one attached hydrogen (secondary N) is 1. The summed E-state index contributed by atoms with van der Waals surface area (Å²) in [6.45, 7) is 0. The summed E-state index contributed by atoms with van der Waals surface area (Å²) < 4.78 is 0. The maximum Gasteiger partial charge on any atom is 0.0420 e. The number of nitrogen functional groups attached to an aromatic ring is 1. The number of rotatable bonds is 5. The van der Waals surface area contributed by atoms with E-state index in [1.54, 1.807) is 0 Å². The zero-order chi connectivity index (χ0) is 21.8. The molecular weight excluding hydrogens is 388 g/mol. The molecule has 5 rings (SSSR count). The first kappa shape index (κ1) is 19.9. The summed E-state index contributed by atoms with van der Waals surface area (Å²) in [6.07, 6.45) is 5.64. The number of hydrogen-bond donors (Lipinski definition) is 2. The van der Waals surface area contributed by atoms with Gasteiger partial charge in [0.25, 0.3) is 0 Å². The molecular formula is C30H26N2. The predicted octanol–water partition coefficient (Wildman–Crippen LogP) is 7.50. The highest BCUT2D eigenvalue weighted by molar-refractivity contribution is 5.84. The van der Waals surface area contributed by atoms with Crippen molar-refractivity contribution < 1.29 is 0 Å². The van der Waals surface area contributed by atoms with Crippen molar-refractivity contribution in [3.8, 4) is 11.1 Å². The van der Waals surface area contributed by atoms with Crippen LogP contribution in [-0.4, -0.2) is 0 Å². The Morgan fingerprint density at radius 3 is 2.00 bits per heavy atom. The largest absolute Gasteiger partial charge is 0.398 e. The Balaban J connectivity index is 1.52. The summed E-state index contributed by atoms with van der Waals surface area (Å²) in [4.78, 5) is 0. The summed E-state index contributed by atoms with van der Waals surface area (Å²) in [5, 5.41) is 3.62. The highest BCUT2D eigenvalue weighted by Crippen LogP contribution is 2.38. The van der Waals surface area contributed by atoms with Crippen LogP contribution in [-0.2, 0) is 0 Å². The fourth-order valence-electron chi connectivity index (χ4n) is 4.28. The second-order valence-corrected chi connectivity index (χ2v) is 8.11. The maximum atomic E-state index is 6.34. The van der Waals surface area contributed by atoms with E-state index in [-0.39, 0.29) is 5.92 Å². The molecule has 0 aromatic heterocycles. The first-order chi connectivity index (χ1) is 15.8. The molecule has 0 heterocycles. The Bertz CT molecular complexity index is 1260. The van der Waals surface area contributed by atoms with Crippen molar-refractivity contribution in [1.82, 2.24) is 0 Å². The highest BCUT2D eigenvalue weighted by atomic mass is 14.9. The molecule has 0 aliphatic heterocycles. The number of benzene rings is 4. The van der Waals surface area contributed by atoms with E-state index in [2.05, 4.69) is 108 Å². The molecule has 4 aromatic carbocycles. The van der Waals surface area contributed by atoms with Crippen LogP contribution in [0.4, 0.5) is 11.4 Å². The van der Waals surface area contributed by atoms with Gasteiger partial charge in [0.2, 0.25) is 0 Å². The Morgan fingerprint density at radius 1 is 0.688 bits per heavy atom. The summed E-state index contributed by atoms with van der Waals surface area (Å²) in [5.41, 5.74) is 15.4. The summed E-state index contributed by atoms with van der Waals surface area (Å²) in [5.74, 6) is 0.287. The second kappa shape index (κ2) is 8.99. The van der Waals surface area contributed by atoms with Crippen molar-refractivity contribution in [2.24, 2.45) is 0 Å². The van der Waals surface area contributed by atoms with E-state index in [1.165, 1.54) is 16.7 Å². The van der Waals surface area contributed by atoms with Gasteiger partial charge in [0.1, 0.15) is 0 Å². The van der Waals surface area contributed by atoms with Gasteiger partial charge in [0.05, 0.1) is 0 Å². The lowest BCUT2D eigenvalue weighted by molar-refractivity contribution is 0.850. The van der Waals surface area contributed by atoms with Gasteiger partial charge in [-0.1, -0.05) is 97.1 Å². The molecule has 156 valence electrons. The molecule has 1 aliphatic rings. The molecule has 0 saturated heterocycles. The minimum absolute atomic E-state index is 0.287. The third-order valence-electron chi connectivity index (χ3n) is 5.96. The molecule has 0 fully saturated rings. The summed E-state index contributed by atoms with van der Waals surface area (Å²) in [6, 6.07) is 37.8. The van der Waals surface area contributed by atoms with Gasteiger partial charge >= 0.3 is 0 Å². The van der Waals surface area contributed by atoms with Crippen molar-refractivity contribution >= 4 is 16.9 Å². The third kappa shape index (κ3) is 4.21. The molecule has 0 saturated carbocycles. The van der Waals surface area contributed by atoms with E-state index >= 15 is 0 Å². The van der Waals surface area contributed by atoms with Crippen LogP contribution in [0.3, 0.4) is 0 Å². The molecule has 1 unspecified atom stereocenters. The molecule has 0 spiro atoms. The molecule has 3 N–H and O–H groups in total. The van der Waals surface area contributed by atoms with Gasteiger partial charge in [-0.05, 0) is 47.4 Å². The average Bonchev–Trinajstić information content (AvgIpc) is 2.86. The molecule has 4 aromatic rings. The topological polar surface area (TPSA) is 38.0 Å². The van der Waals surface area contributed by atoms with Crippen LogP contribution in [0.25, 0.3) is 16.7 Å². The Morgan fingerprint density at radius 2 is 1.31 bits per heavy atom. The van der Waals surface area contributed by atoms with Gasteiger partial charge in [0.15, 0.2) is 0 Å².